The number of carbonyl (C=O) groups is 2. The molecule has 1 saturated heterocycles. The first kappa shape index (κ1) is 15.0. The highest BCUT2D eigenvalue weighted by Crippen LogP contribution is 2.32. The number of carbonyl (C=O) groups excluding carboxylic acids is 2. The zero-order valence-corrected chi connectivity index (χ0v) is 13.1. The van der Waals surface area contributed by atoms with Gasteiger partial charge in [0, 0.05) is 20.0 Å². The average Bonchev–Trinajstić information content (AvgIpc) is 2.86. The van der Waals surface area contributed by atoms with Crippen LogP contribution in [0.1, 0.15) is 47.4 Å². The molecule has 1 aromatic heterocycles. The van der Waals surface area contributed by atoms with Gasteiger partial charge in [-0.3, -0.25) is 4.79 Å². The topological polar surface area (TPSA) is 59.5 Å². The molecule has 6 heteroatoms. The van der Waals surface area contributed by atoms with E-state index in [0.717, 1.165) is 24.6 Å². The van der Waals surface area contributed by atoms with Crippen LogP contribution >= 0.6 is 11.3 Å². The molecule has 0 radical (unpaired) electrons. The molecule has 2 heterocycles. The summed E-state index contributed by atoms with van der Waals surface area (Å²) in [6.45, 7) is 7.75. The van der Waals surface area contributed by atoms with Gasteiger partial charge in [-0.2, -0.15) is 0 Å². The Kier molecular flexibility index (Phi) is 4.42. The number of hydrogen-bond donors (Lipinski definition) is 0. The van der Waals surface area contributed by atoms with Gasteiger partial charge >= 0.3 is 5.97 Å². The Bertz CT molecular complexity index is 526. The van der Waals surface area contributed by atoms with E-state index in [9.17, 15) is 9.59 Å². The van der Waals surface area contributed by atoms with Gasteiger partial charge in [0.05, 0.1) is 7.11 Å². The summed E-state index contributed by atoms with van der Waals surface area (Å²) >= 11 is 1.29. The number of thiazole rings is 1. The van der Waals surface area contributed by atoms with E-state index in [2.05, 4.69) is 23.7 Å². The molecule has 2 rings (SSSR count). The molecular weight excluding hydrogens is 276 g/mol. The number of nitrogens with zero attached hydrogens (tertiary/aromatic N) is 2. The van der Waals surface area contributed by atoms with Gasteiger partial charge in [-0.15, -0.1) is 0 Å². The van der Waals surface area contributed by atoms with E-state index in [4.69, 9.17) is 4.74 Å². The molecule has 110 valence electrons. The van der Waals surface area contributed by atoms with Gasteiger partial charge in [0.25, 0.3) is 0 Å². The summed E-state index contributed by atoms with van der Waals surface area (Å²) in [7, 11) is 1.30. The second-order valence-electron chi connectivity index (χ2n) is 5.41. The summed E-state index contributed by atoms with van der Waals surface area (Å²) in [6, 6.07) is 0. The zero-order valence-electron chi connectivity index (χ0n) is 12.3. The summed E-state index contributed by atoms with van der Waals surface area (Å²) in [5.74, 6) is 0.581. The van der Waals surface area contributed by atoms with Gasteiger partial charge < -0.3 is 9.64 Å². The van der Waals surface area contributed by atoms with E-state index in [1.165, 1.54) is 25.4 Å². The number of ether oxygens (including phenoxy) is 1. The van der Waals surface area contributed by atoms with Crippen molar-refractivity contribution in [3.8, 4) is 0 Å². The van der Waals surface area contributed by atoms with Crippen LogP contribution in [0, 0.1) is 11.8 Å². The second-order valence-corrected chi connectivity index (χ2v) is 6.39. The third-order valence-electron chi connectivity index (χ3n) is 3.92. The number of ketones is 1. The van der Waals surface area contributed by atoms with Gasteiger partial charge in [-0.05, 0) is 18.3 Å². The van der Waals surface area contributed by atoms with Crippen LogP contribution in [-0.4, -0.2) is 36.9 Å². The lowest BCUT2D eigenvalue weighted by Gasteiger charge is -2.35. The lowest BCUT2D eigenvalue weighted by Crippen LogP contribution is -2.38. The van der Waals surface area contributed by atoms with E-state index in [-0.39, 0.29) is 11.5 Å². The Labute approximate surface area is 122 Å². The van der Waals surface area contributed by atoms with Crippen LogP contribution in [0.4, 0.5) is 5.13 Å². The minimum atomic E-state index is -0.545. The number of rotatable bonds is 3. The molecule has 1 aliphatic heterocycles. The van der Waals surface area contributed by atoms with Crippen LogP contribution in [0.5, 0.6) is 0 Å². The molecule has 2 unspecified atom stereocenters. The van der Waals surface area contributed by atoms with Crippen molar-refractivity contribution in [2.24, 2.45) is 11.8 Å². The molecule has 0 aromatic carbocycles. The molecule has 5 nitrogen and oxygen atoms in total. The van der Waals surface area contributed by atoms with Crippen LogP contribution in [0.3, 0.4) is 0 Å². The van der Waals surface area contributed by atoms with Crippen molar-refractivity contribution in [1.82, 2.24) is 4.98 Å². The number of methoxy groups -OCH3 is 1. The highest BCUT2D eigenvalue weighted by atomic mass is 32.1. The Morgan fingerprint density at radius 3 is 2.60 bits per heavy atom. The van der Waals surface area contributed by atoms with E-state index < -0.39 is 5.97 Å². The van der Waals surface area contributed by atoms with Crippen molar-refractivity contribution in [1.29, 1.82) is 0 Å². The van der Waals surface area contributed by atoms with Gasteiger partial charge in [-0.25, -0.2) is 9.78 Å². The number of aromatic nitrogens is 1. The molecule has 20 heavy (non-hydrogen) atoms. The third-order valence-corrected chi connectivity index (χ3v) is 5.14. The van der Waals surface area contributed by atoms with Crippen LogP contribution in [0.15, 0.2) is 0 Å². The van der Waals surface area contributed by atoms with E-state index >= 15 is 0 Å². The average molecular weight is 296 g/mol. The fourth-order valence-electron chi connectivity index (χ4n) is 2.35. The number of anilines is 1. The van der Waals surface area contributed by atoms with Crippen LogP contribution < -0.4 is 4.90 Å². The van der Waals surface area contributed by atoms with Gasteiger partial charge in [0.1, 0.15) is 4.88 Å². The summed E-state index contributed by atoms with van der Waals surface area (Å²) in [5.41, 5.74) is 0.145. The molecule has 0 saturated carbocycles. The fraction of sp³-hybridized carbons (Fsp3) is 0.643. The predicted molar refractivity (Wildman–Crippen MR) is 78.6 cm³/mol. The van der Waals surface area contributed by atoms with Crippen molar-refractivity contribution in [3.63, 3.8) is 0 Å². The van der Waals surface area contributed by atoms with Gasteiger partial charge in [-0.1, -0.05) is 25.2 Å². The van der Waals surface area contributed by atoms with E-state index in [1.54, 1.807) is 0 Å². The standard InChI is InChI=1S/C14H20N2O3S/c1-8-5-6-16(7-9(8)2)14-15-11(13(18)19-4)12(20-14)10(3)17/h8-9H,5-7H2,1-4H3. The summed E-state index contributed by atoms with van der Waals surface area (Å²) in [6.07, 6.45) is 1.10. The lowest BCUT2D eigenvalue weighted by molar-refractivity contribution is 0.0591. The first-order valence-electron chi connectivity index (χ1n) is 6.79. The highest BCUT2D eigenvalue weighted by molar-refractivity contribution is 7.17. The molecule has 2 atom stereocenters. The first-order valence-corrected chi connectivity index (χ1v) is 7.60. The number of Topliss-reactive ketones (excluding diaryl/α,β-unsaturated/α-hetero) is 1. The van der Waals surface area contributed by atoms with Crippen molar-refractivity contribution >= 4 is 28.2 Å². The van der Waals surface area contributed by atoms with Crippen molar-refractivity contribution in [2.75, 3.05) is 25.1 Å². The minimum absolute atomic E-state index is 0.145. The van der Waals surface area contributed by atoms with Crippen molar-refractivity contribution < 1.29 is 14.3 Å². The molecule has 0 aliphatic carbocycles. The quantitative estimate of drug-likeness (QED) is 0.634. The molecule has 1 aromatic rings. The van der Waals surface area contributed by atoms with E-state index in [1.807, 2.05) is 0 Å². The third kappa shape index (κ3) is 2.85. The fourth-order valence-corrected chi connectivity index (χ4v) is 3.34. The number of hydrogen-bond acceptors (Lipinski definition) is 6. The van der Waals surface area contributed by atoms with Crippen LogP contribution in [-0.2, 0) is 4.74 Å². The van der Waals surface area contributed by atoms with Crippen LogP contribution in [0.2, 0.25) is 0 Å². The predicted octanol–water partition coefficient (Wildman–Crippen LogP) is 2.61. The molecule has 0 bridgehead atoms. The van der Waals surface area contributed by atoms with Gasteiger partial charge in [0.15, 0.2) is 16.6 Å². The Morgan fingerprint density at radius 2 is 2.05 bits per heavy atom. The number of esters is 1. The molecular formula is C14H20N2O3S. The Hall–Kier alpha value is -1.43. The minimum Gasteiger partial charge on any atom is -0.464 e. The molecule has 0 amide bonds. The zero-order chi connectivity index (χ0) is 14.9. The summed E-state index contributed by atoms with van der Waals surface area (Å²) < 4.78 is 4.70. The summed E-state index contributed by atoms with van der Waals surface area (Å²) in [5, 5.41) is 0.745. The van der Waals surface area contributed by atoms with Crippen molar-refractivity contribution in [3.05, 3.63) is 10.6 Å². The van der Waals surface area contributed by atoms with E-state index in [0.29, 0.717) is 16.7 Å². The Balaban J connectivity index is 2.29. The number of piperidine rings is 1. The molecule has 0 spiro atoms. The first-order chi connectivity index (χ1) is 9.43. The largest absolute Gasteiger partial charge is 0.464 e. The normalized spacial score (nSPS) is 22.7. The maximum Gasteiger partial charge on any atom is 0.358 e. The Morgan fingerprint density at radius 1 is 1.35 bits per heavy atom. The summed E-state index contributed by atoms with van der Waals surface area (Å²) in [4.78, 5) is 30.2. The maximum atomic E-state index is 11.7. The molecule has 1 aliphatic rings. The smallest absolute Gasteiger partial charge is 0.358 e. The molecule has 1 fully saturated rings. The van der Waals surface area contributed by atoms with Crippen LogP contribution in [0.25, 0.3) is 0 Å². The molecule has 0 N–H and O–H groups in total. The monoisotopic (exact) mass is 296 g/mol. The highest BCUT2D eigenvalue weighted by Gasteiger charge is 2.28. The second kappa shape index (κ2) is 5.91. The lowest BCUT2D eigenvalue weighted by atomic mass is 9.89. The van der Waals surface area contributed by atoms with Gasteiger partial charge in [0.2, 0.25) is 0 Å². The van der Waals surface area contributed by atoms with Crippen molar-refractivity contribution in [2.45, 2.75) is 27.2 Å². The SMILES string of the molecule is COC(=O)c1nc(N2CCC(C)C(C)C2)sc1C(C)=O. The maximum absolute atomic E-state index is 11.7.